The Morgan fingerprint density at radius 1 is 1.09 bits per heavy atom. The van der Waals surface area contributed by atoms with Crippen LogP contribution in [0.15, 0.2) is 0 Å². The molecule has 2 aliphatic rings. The first-order valence-electron chi connectivity index (χ1n) is 8.56. The van der Waals surface area contributed by atoms with E-state index < -0.39 is 5.60 Å². The highest BCUT2D eigenvalue weighted by Crippen LogP contribution is 2.25. The number of likely N-dealkylation sites (tertiary alicyclic amines) is 1. The summed E-state index contributed by atoms with van der Waals surface area (Å²) >= 11 is 0. The lowest BCUT2D eigenvalue weighted by Gasteiger charge is -2.31. The molecule has 1 aliphatic heterocycles. The zero-order valence-corrected chi connectivity index (χ0v) is 14.4. The van der Waals surface area contributed by atoms with E-state index in [0.717, 1.165) is 31.6 Å². The summed E-state index contributed by atoms with van der Waals surface area (Å²) in [6.45, 7) is 8.41. The first-order chi connectivity index (χ1) is 10.3. The third kappa shape index (κ3) is 4.62. The number of carbonyl (C=O) groups excluding carboxylic acids is 2. The van der Waals surface area contributed by atoms with Crippen LogP contribution in [0.25, 0.3) is 0 Å². The first-order valence-corrected chi connectivity index (χ1v) is 8.56. The number of hydrogen-bond donors (Lipinski definition) is 1. The van der Waals surface area contributed by atoms with Crippen molar-refractivity contribution in [3.8, 4) is 0 Å². The van der Waals surface area contributed by atoms with Crippen LogP contribution < -0.4 is 5.32 Å². The van der Waals surface area contributed by atoms with E-state index in [1.54, 1.807) is 4.90 Å². The topological polar surface area (TPSA) is 58.6 Å². The van der Waals surface area contributed by atoms with Crippen LogP contribution in [-0.2, 0) is 9.53 Å². The Balaban J connectivity index is 1.89. The molecule has 0 aromatic rings. The molecule has 5 heteroatoms. The molecule has 0 aromatic carbocycles. The molecule has 126 valence electrons. The second kappa shape index (κ2) is 6.88. The molecular weight excluding hydrogens is 280 g/mol. The Morgan fingerprint density at radius 2 is 1.73 bits per heavy atom. The zero-order valence-electron chi connectivity index (χ0n) is 14.4. The molecule has 5 nitrogen and oxygen atoms in total. The number of nitrogens with one attached hydrogen (secondary N) is 1. The van der Waals surface area contributed by atoms with Crippen molar-refractivity contribution in [2.45, 2.75) is 83.9 Å². The van der Waals surface area contributed by atoms with Crippen molar-refractivity contribution in [3.05, 3.63) is 0 Å². The second-order valence-corrected chi connectivity index (χ2v) is 7.80. The fraction of sp³-hybridized carbons (Fsp3) is 0.882. The van der Waals surface area contributed by atoms with Crippen molar-refractivity contribution in [1.29, 1.82) is 0 Å². The van der Waals surface area contributed by atoms with Crippen molar-refractivity contribution >= 4 is 12.0 Å². The van der Waals surface area contributed by atoms with Gasteiger partial charge in [-0.25, -0.2) is 4.79 Å². The summed E-state index contributed by atoms with van der Waals surface area (Å²) in [5.41, 5.74) is -0.528. The molecule has 1 saturated heterocycles. The highest BCUT2D eigenvalue weighted by molar-refractivity contribution is 5.86. The van der Waals surface area contributed by atoms with Crippen molar-refractivity contribution in [3.63, 3.8) is 0 Å². The lowest BCUT2D eigenvalue weighted by Crippen LogP contribution is -2.50. The van der Waals surface area contributed by atoms with Gasteiger partial charge in [-0.05, 0) is 65.2 Å². The summed E-state index contributed by atoms with van der Waals surface area (Å²) in [4.78, 5) is 26.3. The van der Waals surface area contributed by atoms with Gasteiger partial charge in [-0.2, -0.15) is 0 Å². The summed E-state index contributed by atoms with van der Waals surface area (Å²) in [5.74, 6) is 0.751. The predicted molar refractivity (Wildman–Crippen MR) is 85.5 cm³/mol. The van der Waals surface area contributed by atoms with Crippen molar-refractivity contribution in [2.75, 3.05) is 6.54 Å². The minimum absolute atomic E-state index is 0.0112. The van der Waals surface area contributed by atoms with Crippen LogP contribution in [0.5, 0.6) is 0 Å². The first kappa shape index (κ1) is 17.1. The van der Waals surface area contributed by atoms with E-state index in [2.05, 4.69) is 12.2 Å². The number of carbonyl (C=O) groups is 2. The monoisotopic (exact) mass is 310 g/mol. The van der Waals surface area contributed by atoms with Gasteiger partial charge in [0.05, 0.1) is 0 Å². The van der Waals surface area contributed by atoms with Gasteiger partial charge in [0.25, 0.3) is 0 Å². The zero-order chi connectivity index (χ0) is 16.3. The maximum absolute atomic E-state index is 12.5. The van der Waals surface area contributed by atoms with Gasteiger partial charge in [-0.1, -0.05) is 6.92 Å². The smallest absolute Gasteiger partial charge is 0.410 e. The molecule has 2 rings (SSSR count). The maximum Gasteiger partial charge on any atom is 0.410 e. The molecule has 0 aromatic heterocycles. The normalized spacial score (nSPS) is 29.3. The average molecular weight is 310 g/mol. The highest BCUT2D eigenvalue weighted by atomic mass is 16.6. The Kier molecular flexibility index (Phi) is 5.35. The minimum Gasteiger partial charge on any atom is -0.444 e. The van der Waals surface area contributed by atoms with Crippen LogP contribution in [0.2, 0.25) is 0 Å². The van der Waals surface area contributed by atoms with Gasteiger partial charge in [0.2, 0.25) is 5.91 Å². The molecule has 1 aliphatic carbocycles. The molecule has 1 atom stereocenters. The summed E-state index contributed by atoms with van der Waals surface area (Å²) in [5, 5.41) is 3.14. The lowest BCUT2D eigenvalue weighted by atomic mass is 9.87. The molecule has 0 unspecified atom stereocenters. The van der Waals surface area contributed by atoms with E-state index in [4.69, 9.17) is 4.74 Å². The van der Waals surface area contributed by atoms with Gasteiger partial charge >= 0.3 is 6.09 Å². The number of nitrogens with zero attached hydrogens (tertiary/aromatic N) is 1. The van der Waals surface area contributed by atoms with E-state index in [1.807, 2.05) is 20.8 Å². The Labute approximate surface area is 133 Å². The Bertz CT molecular complexity index is 409. The van der Waals surface area contributed by atoms with Gasteiger partial charge in [-0.15, -0.1) is 0 Å². The fourth-order valence-electron chi connectivity index (χ4n) is 3.28. The maximum atomic E-state index is 12.5. The quantitative estimate of drug-likeness (QED) is 0.852. The SMILES string of the molecule is CC1CCC(NC(=O)[C@@H]2CCCN2C(=O)OC(C)(C)C)CC1. The van der Waals surface area contributed by atoms with E-state index in [1.165, 1.54) is 12.8 Å². The molecule has 0 bridgehead atoms. The van der Waals surface area contributed by atoms with Gasteiger partial charge in [0.15, 0.2) is 0 Å². The number of amides is 2. The summed E-state index contributed by atoms with van der Waals surface area (Å²) in [6, 6.07) is -0.0982. The van der Waals surface area contributed by atoms with E-state index in [0.29, 0.717) is 6.54 Å². The summed E-state index contributed by atoms with van der Waals surface area (Å²) < 4.78 is 5.41. The van der Waals surface area contributed by atoms with Crippen LogP contribution in [0.1, 0.15) is 66.2 Å². The molecular formula is C17H30N2O3. The van der Waals surface area contributed by atoms with Crippen molar-refractivity contribution in [1.82, 2.24) is 10.2 Å². The molecule has 1 N–H and O–H groups in total. The molecule has 0 radical (unpaired) electrons. The van der Waals surface area contributed by atoms with E-state index in [-0.39, 0.29) is 24.1 Å². The number of hydrogen-bond acceptors (Lipinski definition) is 3. The van der Waals surface area contributed by atoms with Gasteiger partial charge < -0.3 is 10.1 Å². The molecule has 1 heterocycles. The van der Waals surface area contributed by atoms with Crippen LogP contribution in [0.3, 0.4) is 0 Å². The second-order valence-electron chi connectivity index (χ2n) is 7.80. The van der Waals surface area contributed by atoms with Crippen LogP contribution >= 0.6 is 0 Å². The third-order valence-electron chi connectivity index (χ3n) is 4.55. The predicted octanol–water partition coefficient (Wildman–Crippen LogP) is 3.08. The van der Waals surface area contributed by atoms with Gasteiger partial charge in [0, 0.05) is 12.6 Å². The highest BCUT2D eigenvalue weighted by Gasteiger charge is 2.37. The van der Waals surface area contributed by atoms with Crippen LogP contribution in [0.4, 0.5) is 4.79 Å². The van der Waals surface area contributed by atoms with Crippen molar-refractivity contribution in [2.24, 2.45) is 5.92 Å². The van der Waals surface area contributed by atoms with Crippen LogP contribution in [-0.4, -0.2) is 41.1 Å². The molecule has 22 heavy (non-hydrogen) atoms. The summed E-state index contributed by atoms with van der Waals surface area (Å²) in [7, 11) is 0. The fourth-order valence-corrected chi connectivity index (χ4v) is 3.28. The molecule has 2 amide bonds. The minimum atomic E-state index is -0.528. The van der Waals surface area contributed by atoms with E-state index >= 15 is 0 Å². The lowest BCUT2D eigenvalue weighted by molar-refractivity contribution is -0.126. The largest absolute Gasteiger partial charge is 0.444 e. The standard InChI is InChI=1S/C17H30N2O3/c1-12-7-9-13(10-8-12)18-15(20)14-6-5-11-19(14)16(21)22-17(2,3)4/h12-14H,5-11H2,1-4H3,(H,18,20)/t12?,13?,14-/m0/s1. The van der Waals surface area contributed by atoms with Gasteiger partial charge in [0.1, 0.15) is 11.6 Å². The van der Waals surface area contributed by atoms with Crippen molar-refractivity contribution < 1.29 is 14.3 Å². The third-order valence-corrected chi connectivity index (χ3v) is 4.55. The van der Waals surface area contributed by atoms with Gasteiger partial charge in [-0.3, -0.25) is 9.69 Å². The number of rotatable bonds is 2. The molecule has 0 spiro atoms. The Morgan fingerprint density at radius 3 is 2.32 bits per heavy atom. The number of ether oxygens (including phenoxy) is 1. The molecule has 1 saturated carbocycles. The average Bonchev–Trinajstić information content (AvgIpc) is 2.89. The van der Waals surface area contributed by atoms with E-state index in [9.17, 15) is 9.59 Å². The molecule has 2 fully saturated rings. The summed E-state index contributed by atoms with van der Waals surface area (Å²) in [6.07, 6.45) is 5.66. The van der Waals surface area contributed by atoms with Crippen LogP contribution in [0, 0.1) is 5.92 Å². The Hall–Kier alpha value is -1.26.